The zero-order valence-electron chi connectivity index (χ0n) is 17.6. The molecule has 0 spiro atoms. The predicted molar refractivity (Wildman–Crippen MR) is 123 cm³/mol. The van der Waals surface area contributed by atoms with Gasteiger partial charge >= 0.3 is 0 Å². The summed E-state index contributed by atoms with van der Waals surface area (Å²) >= 11 is 1.36. The van der Waals surface area contributed by atoms with Gasteiger partial charge in [-0.25, -0.2) is 4.99 Å². The number of aryl methyl sites for hydroxylation is 1. The van der Waals surface area contributed by atoms with E-state index in [2.05, 4.69) is 17.2 Å². The van der Waals surface area contributed by atoms with Crippen molar-refractivity contribution < 1.29 is 14.3 Å². The Kier molecular flexibility index (Phi) is 7.52. The molecule has 0 aromatic heterocycles. The van der Waals surface area contributed by atoms with Gasteiger partial charge in [-0.05, 0) is 37.6 Å². The molecule has 3 rings (SSSR count). The van der Waals surface area contributed by atoms with E-state index in [1.807, 2.05) is 43.3 Å². The zero-order valence-corrected chi connectivity index (χ0v) is 18.4. The van der Waals surface area contributed by atoms with E-state index in [0.29, 0.717) is 23.1 Å². The smallest absolute Gasteiger partial charge is 0.242 e. The number of nitrogens with one attached hydrogen (secondary N) is 1. The minimum absolute atomic E-state index is 0.0607. The molecule has 6 nitrogen and oxygen atoms in total. The van der Waals surface area contributed by atoms with Crippen LogP contribution in [0, 0.1) is 6.92 Å². The van der Waals surface area contributed by atoms with Gasteiger partial charge in [-0.1, -0.05) is 54.9 Å². The Morgan fingerprint density at radius 2 is 1.93 bits per heavy atom. The van der Waals surface area contributed by atoms with Crippen molar-refractivity contribution in [2.24, 2.45) is 4.99 Å². The van der Waals surface area contributed by atoms with E-state index in [0.717, 1.165) is 24.1 Å². The predicted octanol–water partition coefficient (Wildman–Crippen LogP) is 4.76. The molecule has 30 heavy (non-hydrogen) atoms. The summed E-state index contributed by atoms with van der Waals surface area (Å²) in [6, 6.07) is 15.1. The number of thioether (sulfide) groups is 1. The highest BCUT2D eigenvalue weighted by molar-refractivity contribution is 8.15. The van der Waals surface area contributed by atoms with Crippen molar-refractivity contribution in [3.63, 3.8) is 0 Å². The second-order valence-electron chi connectivity index (χ2n) is 7.13. The van der Waals surface area contributed by atoms with Gasteiger partial charge in [0.05, 0.1) is 18.5 Å². The van der Waals surface area contributed by atoms with Crippen LogP contribution in [0.15, 0.2) is 53.5 Å². The van der Waals surface area contributed by atoms with Crippen LogP contribution in [0.25, 0.3) is 0 Å². The van der Waals surface area contributed by atoms with Gasteiger partial charge in [0.15, 0.2) is 5.17 Å². The van der Waals surface area contributed by atoms with Gasteiger partial charge in [0.25, 0.3) is 0 Å². The molecule has 1 saturated heterocycles. The van der Waals surface area contributed by atoms with Gasteiger partial charge < -0.3 is 10.1 Å². The van der Waals surface area contributed by atoms with Crippen LogP contribution in [0.4, 0.5) is 11.4 Å². The summed E-state index contributed by atoms with van der Waals surface area (Å²) in [6.45, 7) is 4.72. The minimum atomic E-state index is -0.485. The third-order valence-corrected chi connectivity index (χ3v) is 5.94. The molecule has 0 aliphatic carbocycles. The molecule has 2 aromatic rings. The van der Waals surface area contributed by atoms with Crippen molar-refractivity contribution in [2.45, 2.75) is 38.4 Å². The van der Waals surface area contributed by atoms with Crippen LogP contribution in [0.2, 0.25) is 0 Å². The van der Waals surface area contributed by atoms with E-state index in [4.69, 9.17) is 4.74 Å². The van der Waals surface area contributed by atoms with Crippen molar-refractivity contribution in [2.75, 3.05) is 19.0 Å². The lowest BCUT2D eigenvalue weighted by Crippen LogP contribution is -2.34. The molecular formula is C23H27N3O3S. The summed E-state index contributed by atoms with van der Waals surface area (Å²) in [5.41, 5.74) is 2.55. The number of methoxy groups -OCH3 is 1. The maximum absolute atomic E-state index is 13.0. The Balaban J connectivity index is 1.74. The fraction of sp³-hybridized carbons (Fsp3) is 0.348. The van der Waals surface area contributed by atoms with E-state index in [9.17, 15) is 9.59 Å². The molecule has 1 fully saturated rings. The first-order chi connectivity index (χ1) is 14.5. The molecule has 158 valence electrons. The molecule has 1 N–H and O–H groups in total. The van der Waals surface area contributed by atoms with Crippen LogP contribution in [0.1, 0.15) is 31.7 Å². The van der Waals surface area contributed by atoms with Crippen molar-refractivity contribution in [3.05, 3.63) is 54.1 Å². The number of ether oxygens (including phenoxy) is 1. The topological polar surface area (TPSA) is 71.0 Å². The van der Waals surface area contributed by atoms with Crippen molar-refractivity contribution >= 4 is 40.1 Å². The molecule has 0 saturated carbocycles. The van der Waals surface area contributed by atoms with E-state index < -0.39 is 5.25 Å². The van der Waals surface area contributed by atoms with Crippen LogP contribution in [-0.2, 0) is 9.59 Å². The molecule has 1 atom stereocenters. The first-order valence-electron chi connectivity index (χ1n) is 10.1. The molecule has 0 bridgehead atoms. The van der Waals surface area contributed by atoms with Gasteiger partial charge in [0.1, 0.15) is 11.0 Å². The summed E-state index contributed by atoms with van der Waals surface area (Å²) in [6.07, 6.45) is 1.95. The Labute approximate surface area is 181 Å². The highest BCUT2D eigenvalue weighted by atomic mass is 32.2. The average Bonchev–Trinajstić information content (AvgIpc) is 3.02. The van der Waals surface area contributed by atoms with Crippen molar-refractivity contribution in [1.82, 2.24) is 4.90 Å². The third-order valence-electron chi connectivity index (χ3n) is 4.77. The van der Waals surface area contributed by atoms with Crippen LogP contribution in [-0.4, -0.2) is 40.8 Å². The molecule has 2 amide bonds. The number of amides is 2. The summed E-state index contributed by atoms with van der Waals surface area (Å²) in [4.78, 5) is 32.0. The molecule has 1 aliphatic heterocycles. The molecular weight excluding hydrogens is 398 g/mol. The highest BCUT2D eigenvalue weighted by Crippen LogP contribution is 2.32. The quantitative estimate of drug-likeness (QED) is 0.662. The number of unbranched alkanes of at least 4 members (excludes halogenated alkanes) is 1. The Hall–Kier alpha value is -2.80. The minimum Gasteiger partial charge on any atom is -0.495 e. The highest BCUT2D eigenvalue weighted by Gasteiger charge is 2.38. The summed E-state index contributed by atoms with van der Waals surface area (Å²) in [5.74, 6) is 0.300. The number of nitrogens with zero attached hydrogens (tertiary/aromatic N) is 2. The standard InChI is InChI=1S/C23H27N3O3S/c1-4-5-14-26-22(28)20(30-23(26)24-17-12-10-16(2)11-13-17)15-21(27)25-18-8-6-7-9-19(18)29-3/h6-13,20H,4-5,14-15H2,1-3H3,(H,25,27)/t20-/m1/s1. The molecule has 2 aromatic carbocycles. The lowest BCUT2D eigenvalue weighted by Gasteiger charge is -2.16. The number of para-hydroxylation sites is 2. The fourth-order valence-corrected chi connectivity index (χ4v) is 4.28. The zero-order chi connectivity index (χ0) is 21.5. The molecule has 1 aliphatic rings. The Morgan fingerprint density at radius 1 is 1.20 bits per heavy atom. The normalized spacial score (nSPS) is 17.4. The average molecular weight is 426 g/mol. The van der Waals surface area contributed by atoms with Crippen molar-refractivity contribution in [3.8, 4) is 5.75 Å². The van der Waals surface area contributed by atoms with Gasteiger partial charge in [0, 0.05) is 13.0 Å². The largest absolute Gasteiger partial charge is 0.495 e. The number of hydrogen-bond donors (Lipinski definition) is 1. The number of rotatable bonds is 8. The summed E-state index contributed by atoms with van der Waals surface area (Å²) < 4.78 is 5.28. The molecule has 0 radical (unpaired) electrons. The number of carbonyl (C=O) groups is 2. The van der Waals surface area contributed by atoms with Gasteiger partial charge in [-0.3, -0.25) is 14.5 Å². The van der Waals surface area contributed by atoms with Crippen molar-refractivity contribution in [1.29, 1.82) is 0 Å². The van der Waals surface area contributed by atoms with E-state index in [-0.39, 0.29) is 18.2 Å². The number of aliphatic imine (C=N–C) groups is 1. The maximum Gasteiger partial charge on any atom is 0.242 e. The Bertz CT molecular complexity index is 928. The third kappa shape index (κ3) is 5.42. The maximum atomic E-state index is 13.0. The van der Waals surface area contributed by atoms with Crippen LogP contribution in [0.3, 0.4) is 0 Å². The molecule has 1 heterocycles. The lowest BCUT2D eigenvalue weighted by molar-refractivity contribution is -0.128. The van der Waals surface area contributed by atoms with Gasteiger partial charge in [0.2, 0.25) is 11.8 Å². The van der Waals surface area contributed by atoms with E-state index >= 15 is 0 Å². The second-order valence-corrected chi connectivity index (χ2v) is 8.30. The van der Waals surface area contributed by atoms with Crippen LogP contribution < -0.4 is 10.1 Å². The molecule has 7 heteroatoms. The summed E-state index contributed by atoms with van der Waals surface area (Å²) in [7, 11) is 1.56. The molecule has 0 unspecified atom stereocenters. The van der Waals surface area contributed by atoms with E-state index in [1.165, 1.54) is 11.8 Å². The van der Waals surface area contributed by atoms with Crippen LogP contribution in [0.5, 0.6) is 5.75 Å². The number of benzene rings is 2. The second kappa shape index (κ2) is 10.3. The number of amidine groups is 1. The van der Waals surface area contributed by atoms with Gasteiger partial charge in [-0.15, -0.1) is 0 Å². The fourth-order valence-electron chi connectivity index (χ4n) is 3.09. The monoisotopic (exact) mass is 425 g/mol. The summed E-state index contributed by atoms with van der Waals surface area (Å²) in [5, 5.41) is 3.02. The first-order valence-corrected chi connectivity index (χ1v) is 11.0. The SMILES string of the molecule is CCCCN1C(=O)[C@@H](CC(=O)Nc2ccccc2OC)SC1=Nc1ccc(C)cc1. The Morgan fingerprint density at radius 3 is 2.63 bits per heavy atom. The number of anilines is 1. The van der Waals surface area contributed by atoms with Crippen LogP contribution >= 0.6 is 11.8 Å². The van der Waals surface area contributed by atoms with Gasteiger partial charge in [-0.2, -0.15) is 0 Å². The lowest BCUT2D eigenvalue weighted by atomic mass is 10.2. The first kappa shape index (κ1) is 21.9. The number of carbonyl (C=O) groups excluding carboxylic acids is 2. The number of hydrogen-bond acceptors (Lipinski definition) is 5. The van der Waals surface area contributed by atoms with E-state index in [1.54, 1.807) is 24.1 Å².